The first-order chi connectivity index (χ1) is 12.1. The van der Waals surface area contributed by atoms with E-state index in [9.17, 15) is 9.59 Å². The van der Waals surface area contributed by atoms with Gasteiger partial charge in [-0.2, -0.15) is 0 Å². The van der Waals surface area contributed by atoms with Gasteiger partial charge in [-0.1, -0.05) is 49.6 Å². The number of rotatable bonds is 5. The van der Waals surface area contributed by atoms with Crippen molar-refractivity contribution in [3.05, 3.63) is 64.1 Å². The highest BCUT2D eigenvalue weighted by molar-refractivity contribution is 5.92. The molecule has 3 rings (SSSR count). The van der Waals surface area contributed by atoms with Crippen LogP contribution in [0.4, 0.5) is 0 Å². The van der Waals surface area contributed by atoms with Crippen molar-refractivity contribution in [1.82, 2.24) is 9.88 Å². The molecule has 132 valence electrons. The van der Waals surface area contributed by atoms with Gasteiger partial charge in [-0.15, -0.1) is 0 Å². The summed E-state index contributed by atoms with van der Waals surface area (Å²) in [6, 6.07) is 11.2. The highest BCUT2D eigenvalue weighted by atomic mass is 16.5. The zero-order chi connectivity index (χ0) is 17.6. The third-order valence-corrected chi connectivity index (χ3v) is 4.61. The fraction of sp³-hybridized carbons (Fsp3) is 0.400. The third kappa shape index (κ3) is 4.50. The van der Waals surface area contributed by atoms with Gasteiger partial charge in [-0.3, -0.25) is 9.59 Å². The van der Waals surface area contributed by atoms with Gasteiger partial charge in [0.05, 0.1) is 6.20 Å². The van der Waals surface area contributed by atoms with Gasteiger partial charge >= 0.3 is 0 Å². The molecular weight excluding hydrogens is 316 g/mol. The lowest BCUT2D eigenvalue weighted by molar-refractivity contribution is 0.0918. The van der Waals surface area contributed by atoms with E-state index >= 15 is 0 Å². The minimum atomic E-state index is -0.275. The molecule has 0 saturated heterocycles. The molecule has 0 bridgehead atoms. The molecular formula is C20H24N2O3. The van der Waals surface area contributed by atoms with Crippen LogP contribution in [0.5, 0.6) is 5.75 Å². The second-order valence-corrected chi connectivity index (χ2v) is 6.58. The average Bonchev–Trinajstić information content (AvgIpc) is 2.63. The van der Waals surface area contributed by atoms with Crippen molar-refractivity contribution in [3.8, 4) is 5.75 Å². The van der Waals surface area contributed by atoms with E-state index in [-0.39, 0.29) is 23.1 Å². The molecule has 0 spiro atoms. The second-order valence-electron chi connectivity index (χ2n) is 6.58. The largest absolute Gasteiger partial charge is 0.483 e. The standard InChI is InChI=1S/C20H24N2O3/c1-22-13-19(25-14-15-8-4-2-5-9-15)18(23)12-17(22)20(24)21-16-10-6-3-7-11-16/h2,4-5,8-9,12-13,16H,3,6-7,10-11,14H2,1H3,(H,21,24). The normalized spacial score (nSPS) is 14.9. The molecule has 0 unspecified atom stereocenters. The highest BCUT2D eigenvalue weighted by Crippen LogP contribution is 2.18. The van der Waals surface area contributed by atoms with Crippen molar-refractivity contribution in [2.75, 3.05) is 0 Å². The summed E-state index contributed by atoms with van der Waals surface area (Å²) < 4.78 is 7.28. The van der Waals surface area contributed by atoms with Crippen molar-refractivity contribution in [3.63, 3.8) is 0 Å². The smallest absolute Gasteiger partial charge is 0.268 e. The van der Waals surface area contributed by atoms with E-state index in [1.807, 2.05) is 30.3 Å². The molecule has 1 N–H and O–H groups in total. The van der Waals surface area contributed by atoms with Crippen molar-refractivity contribution < 1.29 is 9.53 Å². The SMILES string of the molecule is Cn1cc(OCc2ccccc2)c(=O)cc1C(=O)NC1CCCCC1. The van der Waals surface area contributed by atoms with Gasteiger partial charge in [-0.25, -0.2) is 0 Å². The van der Waals surface area contributed by atoms with Crippen LogP contribution in [-0.2, 0) is 13.7 Å². The van der Waals surface area contributed by atoms with Crippen LogP contribution in [-0.4, -0.2) is 16.5 Å². The summed E-state index contributed by atoms with van der Waals surface area (Å²) in [5, 5.41) is 3.04. The molecule has 5 nitrogen and oxygen atoms in total. The summed E-state index contributed by atoms with van der Waals surface area (Å²) >= 11 is 0. The van der Waals surface area contributed by atoms with E-state index in [1.165, 1.54) is 12.5 Å². The van der Waals surface area contributed by atoms with Gasteiger partial charge in [0.1, 0.15) is 12.3 Å². The number of benzene rings is 1. The quantitative estimate of drug-likeness (QED) is 0.910. The first kappa shape index (κ1) is 17.3. The van der Waals surface area contributed by atoms with Gasteiger partial charge < -0.3 is 14.6 Å². The van der Waals surface area contributed by atoms with Crippen LogP contribution < -0.4 is 15.5 Å². The topological polar surface area (TPSA) is 60.3 Å². The number of pyridine rings is 1. The van der Waals surface area contributed by atoms with E-state index in [2.05, 4.69) is 5.32 Å². The number of hydrogen-bond acceptors (Lipinski definition) is 3. The predicted molar refractivity (Wildman–Crippen MR) is 96.8 cm³/mol. The number of carbonyl (C=O) groups is 1. The Balaban J connectivity index is 1.68. The molecule has 25 heavy (non-hydrogen) atoms. The van der Waals surface area contributed by atoms with Crippen molar-refractivity contribution in [1.29, 1.82) is 0 Å². The second kappa shape index (κ2) is 8.01. The summed E-state index contributed by atoms with van der Waals surface area (Å²) in [4.78, 5) is 24.8. The van der Waals surface area contributed by atoms with Gasteiger partial charge in [0, 0.05) is 19.2 Å². The third-order valence-electron chi connectivity index (χ3n) is 4.61. The zero-order valence-corrected chi connectivity index (χ0v) is 14.5. The summed E-state index contributed by atoms with van der Waals surface area (Å²) in [5.41, 5.74) is 1.08. The van der Waals surface area contributed by atoms with E-state index in [0.29, 0.717) is 12.3 Å². The maximum Gasteiger partial charge on any atom is 0.268 e. The molecule has 1 heterocycles. The van der Waals surface area contributed by atoms with Crippen LogP contribution in [0.3, 0.4) is 0 Å². The average molecular weight is 340 g/mol. The Hall–Kier alpha value is -2.56. The highest BCUT2D eigenvalue weighted by Gasteiger charge is 2.19. The molecule has 0 radical (unpaired) electrons. The van der Waals surface area contributed by atoms with Crippen LogP contribution in [0.2, 0.25) is 0 Å². The number of aromatic nitrogens is 1. The number of aryl methyl sites for hydroxylation is 1. The Morgan fingerprint density at radius 3 is 2.64 bits per heavy atom. The predicted octanol–water partition coefficient (Wildman–Crippen LogP) is 3.03. The molecule has 1 fully saturated rings. The van der Waals surface area contributed by atoms with Crippen LogP contribution in [0.1, 0.15) is 48.2 Å². The lowest BCUT2D eigenvalue weighted by Gasteiger charge is -2.23. The summed E-state index contributed by atoms with van der Waals surface area (Å²) in [7, 11) is 1.75. The lowest BCUT2D eigenvalue weighted by Crippen LogP contribution is -2.37. The number of amides is 1. The molecule has 1 saturated carbocycles. The Kier molecular flexibility index (Phi) is 5.53. The van der Waals surface area contributed by atoms with Gasteiger partial charge in [-0.05, 0) is 18.4 Å². The van der Waals surface area contributed by atoms with Crippen LogP contribution >= 0.6 is 0 Å². The maximum absolute atomic E-state index is 12.5. The minimum Gasteiger partial charge on any atom is -0.483 e. The fourth-order valence-electron chi connectivity index (χ4n) is 3.18. The molecule has 5 heteroatoms. The number of ether oxygens (including phenoxy) is 1. The van der Waals surface area contributed by atoms with Crippen molar-refractivity contribution in [2.24, 2.45) is 7.05 Å². The van der Waals surface area contributed by atoms with Gasteiger partial charge in [0.2, 0.25) is 5.43 Å². The number of nitrogens with one attached hydrogen (secondary N) is 1. The van der Waals surface area contributed by atoms with Crippen LogP contribution in [0, 0.1) is 0 Å². The zero-order valence-electron chi connectivity index (χ0n) is 14.5. The molecule has 1 aliphatic rings. The molecule has 1 aliphatic carbocycles. The summed E-state index contributed by atoms with van der Waals surface area (Å²) in [6.07, 6.45) is 7.14. The molecule has 1 aromatic heterocycles. The van der Waals surface area contributed by atoms with Crippen molar-refractivity contribution >= 4 is 5.91 Å². The van der Waals surface area contributed by atoms with E-state index < -0.39 is 0 Å². The molecule has 0 aliphatic heterocycles. The number of nitrogens with zero attached hydrogens (tertiary/aromatic N) is 1. The summed E-state index contributed by atoms with van der Waals surface area (Å²) in [5.74, 6) is 0.0571. The Morgan fingerprint density at radius 2 is 1.92 bits per heavy atom. The fourth-order valence-corrected chi connectivity index (χ4v) is 3.18. The minimum absolute atomic E-state index is 0.193. The lowest BCUT2D eigenvalue weighted by atomic mass is 9.95. The molecule has 1 amide bonds. The number of hydrogen-bond donors (Lipinski definition) is 1. The first-order valence-corrected chi connectivity index (χ1v) is 8.82. The van der Waals surface area contributed by atoms with Gasteiger partial charge in [0.25, 0.3) is 5.91 Å². The molecule has 1 aromatic carbocycles. The van der Waals surface area contributed by atoms with E-state index in [4.69, 9.17) is 4.74 Å². The van der Waals surface area contributed by atoms with Gasteiger partial charge in [0.15, 0.2) is 5.75 Å². The molecule has 0 atom stereocenters. The summed E-state index contributed by atoms with van der Waals surface area (Å²) in [6.45, 7) is 0.323. The number of carbonyl (C=O) groups excluding carboxylic acids is 1. The van der Waals surface area contributed by atoms with Crippen LogP contribution in [0.25, 0.3) is 0 Å². The maximum atomic E-state index is 12.5. The van der Waals surface area contributed by atoms with Crippen LogP contribution in [0.15, 0.2) is 47.4 Å². The molecule has 2 aromatic rings. The Labute approximate surface area is 147 Å². The monoisotopic (exact) mass is 340 g/mol. The van der Waals surface area contributed by atoms with Crippen molar-refractivity contribution in [2.45, 2.75) is 44.8 Å². The Bertz CT molecular complexity index is 777. The van der Waals surface area contributed by atoms with E-state index in [1.54, 1.807) is 17.8 Å². The Morgan fingerprint density at radius 1 is 1.20 bits per heavy atom. The van der Waals surface area contributed by atoms with E-state index in [0.717, 1.165) is 31.2 Å². The first-order valence-electron chi connectivity index (χ1n) is 8.82.